The number of rotatable bonds is 5. The third kappa shape index (κ3) is 5.32. The number of thiocarbonyl (C=S) groups is 1. The van der Waals surface area contributed by atoms with E-state index in [9.17, 15) is 0 Å². The van der Waals surface area contributed by atoms with Crippen molar-refractivity contribution in [2.75, 3.05) is 5.32 Å². The van der Waals surface area contributed by atoms with Crippen molar-refractivity contribution in [3.8, 4) is 0 Å². The van der Waals surface area contributed by atoms with Crippen LogP contribution in [0.4, 0.5) is 5.69 Å². The van der Waals surface area contributed by atoms with Crippen LogP contribution in [0.25, 0.3) is 0 Å². The van der Waals surface area contributed by atoms with E-state index < -0.39 is 0 Å². The number of hydrogen-bond donors (Lipinski definition) is 2. The van der Waals surface area contributed by atoms with E-state index >= 15 is 0 Å². The first-order chi connectivity index (χ1) is 10.5. The van der Waals surface area contributed by atoms with E-state index in [2.05, 4.69) is 41.8 Å². The Kier molecular flexibility index (Phi) is 6.22. The second kappa shape index (κ2) is 8.16. The predicted octanol–water partition coefficient (Wildman–Crippen LogP) is 4.96. The highest BCUT2D eigenvalue weighted by Crippen LogP contribution is 2.20. The van der Waals surface area contributed by atoms with E-state index in [4.69, 9.17) is 23.8 Å². The summed E-state index contributed by atoms with van der Waals surface area (Å²) < 4.78 is 0. The van der Waals surface area contributed by atoms with Crippen molar-refractivity contribution in [2.24, 2.45) is 0 Å². The minimum absolute atomic E-state index is 0.305. The summed E-state index contributed by atoms with van der Waals surface area (Å²) in [5, 5.41) is 7.87. The van der Waals surface area contributed by atoms with Gasteiger partial charge in [0.05, 0.1) is 0 Å². The molecule has 116 valence electrons. The van der Waals surface area contributed by atoms with Gasteiger partial charge in [0.2, 0.25) is 0 Å². The van der Waals surface area contributed by atoms with Crippen LogP contribution in [0, 0.1) is 6.92 Å². The van der Waals surface area contributed by atoms with Gasteiger partial charge in [-0.3, -0.25) is 0 Å². The molecular weight excluding hydrogens is 312 g/mol. The van der Waals surface area contributed by atoms with E-state index in [1.54, 1.807) is 0 Å². The molecule has 0 aliphatic rings. The molecule has 22 heavy (non-hydrogen) atoms. The molecule has 0 spiro atoms. The van der Waals surface area contributed by atoms with Gasteiger partial charge in [-0.05, 0) is 62.2 Å². The van der Waals surface area contributed by atoms with Crippen LogP contribution >= 0.6 is 23.8 Å². The summed E-state index contributed by atoms with van der Waals surface area (Å²) in [5.41, 5.74) is 3.41. The normalized spacial score (nSPS) is 11.8. The summed E-state index contributed by atoms with van der Waals surface area (Å²) in [4.78, 5) is 0. The SMILES string of the molecule is Cc1ccc(Cl)cc1NC(=S)NC(C)CCc1ccccc1. The van der Waals surface area contributed by atoms with Gasteiger partial charge in [-0.2, -0.15) is 0 Å². The number of benzene rings is 2. The summed E-state index contributed by atoms with van der Waals surface area (Å²) in [6, 6.07) is 16.5. The number of halogens is 1. The first kappa shape index (κ1) is 16.8. The lowest BCUT2D eigenvalue weighted by molar-refractivity contribution is 0.609. The Bertz CT molecular complexity index is 628. The molecule has 0 amide bonds. The van der Waals surface area contributed by atoms with Gasteiger partial charge in [-0.15, -0.1) is 0 Å². The van der Waals surface area contributed by atoms with Crippen LogP contribution in [0.1, 0.15) is 24.5 Å². The Morgan fingerprint density at radius 1 is 1.18 bits per heavy atom. The molecule has 0 heterocycles. The number of nitrogens with one attached hydrogen (secondary N) is 2. The lowest BCUT2D eigenvalue weighted by Gasteiger charge is -2.18. The molecule has 4 heteroatoms. The Labute approximate surface area is 142 Å². The van der Waals surface area contributed by atoms with Crippen molar-refractivity contribution in [1.82, 2.24) is 5.32 Å². The molecule has 0 fully saturated rings. The quantitative estimate of drug-likeness (QED) is 0.757. The second-order valence-electron chi connectivity index (χ2n) is 5.48. The van der Waals surface area contributed by atoms with Crippen LogP contribution in [0.2, 0.25) is 5.02 Å². The molecule has 2 nitrogen and oxygen atoms in total. The minimum atomic E-state index is 0.305. The molecule has 2 aromatic carbocycles. The van der Waals surface area contributed by atoms with Crippen LogP contribution < -0.4 is 10.6 Å². The molecule has 0 aliphatic heterocycles. The highest BCUT2D eigenvalue weighted by atomic mass is 35.5. The molecule has 0 aromatic heterocycles. The smallest absolute Gasteiger partial charge is 0.170 e. The monoisotopic (exact) mass is 332 g/mol. The molecule has 0 saturated heterocycles. The molecule has 2 N–H and O–H groups in total. The standard InChI is InChI=1S/C18H21ClN2S/c1-13-8-11-16(19)12-17(13)21-18(22)20-14(2)9-10-15-6-4-3-5-7-15/h3-8,11-12,14H,9-10H2,1-2H3,(H2,20,21,22). The third-order valence-corrected chi connectivity index (χ3v) is 3.99. The maximum atomic E-state index is 6.02. The summed E-state index contributed by atoms with van der Waals surface area (Å²) in [5.74, 6) is 0. The fourth-order valence-corrected chi connectivity index (χ4v) is 2.69. The summed E-state index contributed by atoms with van der Waals surface area (Å²) >= 11 is 11.4. The second-order valence-corrected chi connectivity index (χ2v) is 6.33. The van der Waals surface area contributed by atoms with Gasteiger partial charge in [-0.1, -0.05) is 48.0 Å². The van der Waals surface area contributed by atoms with Gasteiger partial charge in [-0.25, -0.2) is 0 Å². The van der Waals surface area contributed by atoms with Gasteiger partial charge in [0.15, 0.2) is 5.11 Å². The molecule has 1 unspecified atom stereocenters. The third-order valence-electron chi connectivity index (χ3n) is 3.53. The molecule has 0 saturated carbocycles. The highest BCUT2D eigenvalue weighted by molar-refractivity contribution is 7.80. The number of aryl methyl sites for hydroxylation is 2. The Hall–Kier alpha value is -1.58. The zero-order valence-electron chi connectivity index (χ0n) is 12.9. The summed E-state index contributed by atoms with van der Waals surface area (Å²) in [6.45, 7) is 4.17. The zero-order valence-corrected chi connectivity index (χ0v) is 14.5. The summed E-state index contributed by atoms with van der Waals surface area (Å²) in [7, 11) is 0. The molecule has 2 rings (SSSR count). The predicted molar refractivity (Wildman–Crippen MR) is 99.8 cm³/mol. The first-order valence-electron chi connectivity index (χ1n) is 7.42. The molecule has 0 bridgehead atoms. The van der Waals surface area contributed by atoms with Gasteiger partial charge >= 0.3 is 0 Å². The Morgan fingerprint density at radius 3 is 2.64 bits per heavy atom. The van der Waals surface area contributed by atoms with Crippen molar-refractivity contribution >= 4 is 34.6 Å². The fraction of sp³-hybridized carbons (Fsp3) is 0.278. The van der Waals surface area contributed by atoms with Crippen LogP contribution in [-0.2, 0) is 6.42 Å². The first-order valence-corrected chi connectivity index (χ1v) is 8.21. The average Bonchev–Trinajstić information content (AvgIpc) is 2.50. The minimum Gasteiger partial charge on any atom is -0.360 e. The fourth-order valence-electron chi connectivity index (χ4n) is 2.21. The molecule has 1 atom stereocenters. The van der Waals surface area contributed by atoms with E-state index in [1.165, 1.54) is 5.56 Å². The van der Waals surface area contributed by atoms with Gasteiger partial charge in [0, 0.05) is 16.8 Å². The Balaban J connectivity index is 1.82. The van der Waals surface area contributed by atoms with Crippen molar-refractivity contribution in [3.05, 3.63) is 64.7 Å². The van der Waals surface area contributed by atoms with E-state index in [1.807, 2.05) is 31.2 Å². The lowest BCUT2D eigenvalue weighted by Crippen LogP contribution is -2.36. The van der Waals surface area contributed by atoms with Crippen molar-refractivity contribution in [2.45, 2.75) is 32.7 Å². The van der Waals surface area contributed by atoms with Crippen LogP contribution in [-0.4, -0.2) is 11.2 Å². The van der Waals surface area contributed by atoms with Gasteiger partial charge in [0.1, 0.15) is 0 Å². The van der Waals surface area contributed by atoms with Crippen molar-refractivity contribution in [3.63, 3.8) is 0 Å². The molecule has 2 aromatic rings. The van der Waals surface area contributed by atoms with Crippen molar-refractivity contribution in [1.29, 1.82) is 0 Å². The maximum absolute atomic E-state index is 6.02. The molecule has 0 radical (unpaired) electrons. The topological polar surface area (TPSA) is 24.1 Å². The molecular formula is C18H21ClN2S. The average molecular weight is 333 g/mol. The Morgan fingerprint density at radius 2 is 1.91 bits per heavy atom. The van der Waals surface area contributed by atoms with E-state index in [0.717, 1.165) is 24.1 Å². The number of anilines is 1. The van der Waals surface area contributed by atoms with Crippen LogP contribution in [0.5, 0.6) is 0 Å². The highest BCUT2D eigenvalue weighted by Gasteiger charge is 2.06. The largest absolute Gasteiger partial charge is 0.360 e. The van der Waals surface area contributed by atoms with Crippen molar-refractivity contribution < 1.29 is 0 Å². The van der Waals surface area contributed by atoms with Crippen LogP contribution in [0.3, 0.4) is 0 Å². The van der Waals surface area contributed by atoms with Gasteiger partial charge in [0.25, 0.3) is 0 Å². The van der Waals surface area contributed by atoms with E-state index in [0.29, 0.717) is 16.2 Å². The van der Waals surface area contributed by atoms with Crippen LogP contribution in [0.15, 0.2) is 48.5 Å². The number of hydrogen-bond acceptors (Lipinski definition) is 1. The lowest BCUT2D eigenvalue weighted by atomic mass is 10.1. The maximum Gasteiger partial charge on any atom is 0.170 e. The van der Waals surface area contributed by atoms with Gasteiger partial charge < -0.3 is 10.6 Å². The summed E-state index contributed by atoms with van der Waals surface area (Å²) in [6.07, 6.45) is 2.06. The zero-order chi connectivity index (χ0) is 15.9. The van der Waals surface area contributed by atoms with E-state index in [-0.39, 0.29) is 0 Å². The molecule has 0 aliphatic carbocycles.